The molecule has 2 atom stereocenters. The largest absolute Gasteiger partial charge is 0.496 e. The molecule has 1 aromatic rings. The summed E-state index contributed by atoms with van der Waals surface area (Å²) in [6, 6.07) is 5.71. The molecule has 2 unspecified atom stereocenters. The van der Waals surface area contributed by atoms with E-state index < -0.39 is 18.1 Å². The Kier molecular flexibility index (Phi) is 3.65. The van der Waals surface area contributed by atoms with Crippen molar-refractivity contribution in [2.45, 2.75) is 12.1 Å². The van der Waals surface area contributed by atoms with E-state index in [1.807, 2.05) is 0 Å². The maximum absolute atomic E-state index is 10.5. The molecule has 5 nitrogen and oxygen atoms in total. The fourth-order valence-corrected chi connectivity index (χ4v) is 1.27. The number of carboxylic acid groups (broad SMARTS) is 1. The molecule has 0 aliphatic carbocycles. The SMILES string of the molecule is COc1ccccc1C(N)C(O)C(=O)O. The number of ether oxygens (including phenoxy) is 1. The van der Waals surface area contributed by atoms with Crippen molar-refractivity contribution >= 4 is 5.97 Å². The molecule has 1 rings (SSSR count). The maximum Gasteiger partial charge on any atom is 0.334 e. The molecule has 0 saturated heterocycles. The van der Waals surface area contributed by atoms with Crippen LogP contribution in [0.15, 0.2) is 24.3 Å². The smallest absolute Gasteiger partial charge is 0.334 e. The second kappa shape index (κ2) is 4.77. The molecule has 0 fully saturated rings. The van der Waals surface area contributed by atoms with Crippen molar-refractivity contribution in [3.05, 3.63) is 29.8 Å². The number of carbonyl (C=O) groups is 1. The van der Waals surface area contributed by atoms with Crippen molar-refractivity contribution in [3.8, 4) is 5.75 Å². The Bertz CT molecular complexity index is 353. The van der Waals surface area contributed by atoms with Gasteiger partial charge < -0.3 is 20.7 Å². The van der Waals surface area contributed by atoms with Gasteiger partial charge in [0.25, 0.3) is 0 Å². The average molecular weight is 211 g/mol. The number of benzene rings is 1. The summed E-state index contributed by atoms with van der Waals surface area (Å²) < 4.78 is 5.01. The first-order valence-corrected chi connectivity index (χ1v) is 4.37. The third-order valence-corrected chi connectivity index (χ3v) is 2.09. The molecule has 4 N–H and O–H groups in total. The zero-order chi connectivity index (χ0) is 11.4. The molecular weight excluding hydrogens is 198 g/mol. The van der Waals surface area contributed by atoms with E-state index in [9.17, 15) is 9.90 Å². The third-order valence-electron chi connectivity index (χ3n) is 2.09. The lowest BCUT2D eigenvalue weighted by atomic mass is 10.0. The number of aliphatic hydroxyl groups is 1. The van der Waals surface area contributed by atoms with Crippen LogP contribution < -0.4 is 10.5 Å². The number of rotatable bonds is 4. The highest BCUT2D eigenvalue weighted by Crippen LogP contribution is 2.25. The summed E-state index contributed by atoms with van der Waals surface area (Å²) in [6.07, 6.45) is -1.64. The minimum absolute atomic E-state index is 0.463. The number of aliphatic hydroxyl groups excluding tert-OH is 1. The molecule has 0 aliphatic rings. The van der Waals surface area contributed by atoms with E-state index in [2.05, 4.69) is 0 Å². The van der Waals surface area contributed by atoms with Crippen LogP contribution >= 0.6 is 0 Å². The van der Waals surface area contributed by atoms with E-state index in [4.69, 9.17) is 15.6 Å². The first-order valence-electron chi connectivity index (χ1n) is 4.37. The maximum atomic E-state index is 10.5. The molecule has 0 spiro atoms. The quantitative estimate of drug-likeness (QED) is 0.658. The molecule has 0 radical (unpaired) electrons. The molecule has 15 heavy (non-hydrogen) atoms. The molecule has 0 aromatic heterocycles. The number of para-hydroxylation sites is 1. The van der Waals surface area contributed by atoms with E-state index in [1.54, 1.807) is 24.3 Å². The predicted octanol–water partition coefficient (Wildman–Crippen LogP) is 0.140. The molecule has 1 aromatic carbocycles. The first-order chi connectivity index (χ1) is 7.07. The monoisotopic (exact) mass is 211 g/mol. The molecule has 82 valence electrons. The molecule has 0 amide bonds. The van der Waals surface area contributed by atoms with Crippen LogP contribution in [-0.4, -0.2) is 29.4 Å². The molecule has 0 aliphatic heterocycles. The van der Waals surface area contributed by atoms with E-state index in [0.29, 0.717) is 11.3 Å². The average Bonchev–Trinajstić information content (AvgIpc) is 2.26. The van der Waals surface area contributed by atoms with Gasteiger partial charge in [0.1, 0.15) is 5.75 Å². The van der Waals surface area contributed by atoms with Crippen molar-refractivity contribution in [1.82, 2.24) is 0 Å². The van der Waals surface area contributed by atoms with Gasteiger partial charge in [-0.2, -0.15) is 0 Å². The standard InChI is InChI=1S/C10H13NO4/c1-15-7-5-3-2-4-6(7)8(11)9(12)10(13)14/h2-5,8-9,12H,11H2,1H3,(H,13,14). The van der Waals surface area contributed by atoms with E-state index in [-0.39, 0.29) is 0 Å². The lowest BCUT2D eigenvalue weighted by molar-refractivity contribution is -0.147. The van der Waals surface area contributed by atoms with Gasteiger partial charge in [0.15, 0.2) is 6.10 Å². The van der Waals surface area contributed by atoms with Crippen LogP contribution in [0.1, 0.15) is 11.6 Å². The summed E-state index contributed by atoms with van der Waals surface area (Å²) in [5.41, 5.74) is 6.07. The number of hydrogen-bond acceptors (Lipinski definition) is 4. The molecule has 0 heterocycles. The van der Waals surface area contributed by atoms with Crippen molar-refractivity contribution in [2.24, 2.45) is 5.73 Å². The normalized spacial score (nSPS) is 14.3. The first kappa shape index (κ1) is 11.5. The lowest BCUT2D eigenvalue weighted by Gasteiger charge is -2.17. The lowest BCUT2D eigenvalue weighted by Crippen LogP contribution is -2.33. The van der Waals surface area contributed by atoms with Gasteiger partial charge in [-0.3, -0.25) is 0 Å². The van der Waals surface area contributed by atoms with E-state index in [0.717, 1.165) is 0 Å². The zero-order valence-corrected chi connectivity index (χ0v) is 8.25. The summed E-state index contributed by atoms with van der Waals surface area (Å²) in [6.45, 7) is 0. The van der Waals surface area contributed by atoms with Crippen LogP contribution in [-0.2, 0) is 4.79 Å². The summed E-state index contributed by atoms with van der Waals surface area (Å²) in [5, 5.41) is 17.9. The Morgan fingerprint density at radius 1 is 1.47 bits per heavy atom. The van der Waals surface area contributed by atoms with Gasteiger partial charge in [0.05, 0.1) is 13.2 Å². The van der Waals surface area contributed by atoms with Crippen LogP contribution in [0, 0.1) is 0 Å². The van der Waals surface area contributed by atoms with Crippen LogP contribution in [0.4, 0.5) is 0 Å². The highest BCUT2D eigenvalue weighted by molar-refractivity contribution is 5.73. The third kappa shape index (κ3) is 2.45. The van der Waals surface area contributed by atoms with Crippen molar-refractivity contribution < 1.29 is 19.7 Å². The summed E-state index contributed by atoms with van der Waals surface area (Å²) in [4.78, 5) is 10.5. The zero-order valence-electron chi connectivity index (χ0n) is 8.25. The van der Waals surface area contributed by atoms with E-state index >= 15 is 0 Å². The number of hydrogen-bond donors (Lipinski definition) is 3. The Morgan fingerprint density at radius 2 is 2.07 bits per heavy atom. The number of methoxy groups -OCH3 is 1. The van der Waals surface area contributed by atoms with Crippen LogP contribution in [0.2, 0.25) is 0 Å². The minimum atomic E-state index is -1.64. The van der Waals surface area contributed by atoms with Crippen molar-refractivity contribution in [1.29, 1.82) is 0 Å². The van der Waals surface area contributed by atoms with Crippen LogP contribution in [0.25, 0.3) is 0 Å². The molecule has 0 bridgehead atoms. The summed E-state index contributed by atoms with van der Waals surface area (Å²) in [7, 11) is 1.46. The second-order valence-corrected chi connectivity index (χ2v) is 3.05. The predicted molar refractivity (Wildman–Crippen MR) is 53.6 cm³/mol. The Morgan fingerprint density at radius 3 is 2.60 bits per heavy atom. The molecule has 5 heteroatoms. The highest BCUT2D eigenvalue weighted by atomic mass is 16.5. The van der Waals surface area contributed by atoms with Crippen LogP contribution in [0.5, 0.6) is 5.75 Å². The van der Waals surface area contributed by atoms with E-state index in [1.165, 1.54) is 7.11 Å². The Hall–Kier alpha value is -1.59. The Balaban J connectivity index is 2.99. The number of nitrogens with two attached hydrogens (primary N) is 1. The van der Waals surface area contributed by atoms with Gasteiger partial charge in [-0.05, 0) is 6.07 Å². The fraction of sp³-hybridized carbons (Fsp3) is 0.300. The number of aliphatic carboxylic acids is 1. The fourth-order valence-electron chi connectivity index (χ4n) is 1.27. The van der Waals surface area contributed by atoms with Gasteiger partial charge in [-0.25, -0.2) is 4.79 Å². The van der Waals surface area contributed by atoms with Crippen LogP contribution in [0.3, 0.4) is 0 Å². The van der Waals surface area contributed by atoms with Crippen molar-refractivity contribution in [3.63, 3.8) is 0 Å². The Labute approximate surface area is 87.1 Å². The van der Waals surface area contributed by atoms with Gasteiger partial charge in [-0.1, -0.05) is 18.2 Å². The van der Waals surface area contributed by atoms with Gasteiger partial charge in [0.2, 0.25) is 0 Å². The minimum Gasteiger partial charge on any atom is -0.496 e. The summed E-state index contributed by atoms with van der Waals surface area (Å²) in [5.74, 6) is -0.890. The second-order valence-electron chi connectivity index (χ2n) is 3.05. The topological polar surface area (TPSA) is 92.8 Å². The molecular formula is C10H13NO4. The molecule has 0 saturated carbocycles. The highest BCUT2D eigenvalue weighted by Gasteiger charge is 2.25. The number of carboxylic acids is 1. The van der Waals surface area contributed by atoms with Gasteiger partial charge in [0, 0.05) is 5.56 Å². The van der Waals surface area contributed by atoms with Gasteiger partial charge >= 0.3 is 5.97 Å². The van der Waals surface area contributed by atoms with Crippen molar-refractivity contribution in [2.75, 3.05) is 7.11 Å². The summed E-state index contributed by atoms with van der Waals surface area (Å²) >= 11 is 0. The van der Waals surface area contributed by atoms with Gasteiger partial charge in [-0.15, -0.1) is 0 Å².